The summed E-state index contributed by atoms with van der Waals surface area (Å²) in [7, 11) is 0. The predicted octanol–water partition coefficient (Wildman–Crippen LogP) is 3.88. The standard InChI is InChI=1S/C16H10ClFN2O3S/c17-11-6-10(18)2-4-12(11)20-15(21)7-23-16(22)9-1-3-13-14(5-9)24-8-19-13/h1-6,8H,7H2,(H,20,21). The van der Waals surface area contributed by atoms with Gasteiger partial charge in [-0.1, -0.05) is 11.6 Å². The number of carbonyl (C=O) groups excluding carboxylic acids is 2. The molecule has 0 fully saturated rings. The average Bonchev–Trinajstić information content (AvgIpc) is 3.03. The zero-order valence-corrected chi connectivity index (χ0v) is 13.7. The zero-order chi connectivity index (χ0) is 17.1. The SMILES string of the molecule is O=C(COC(=O)c1ccc2ncsc2c1)Nc1ccc(F)cc1Cl. The maximum atomic E-state index is 12.9. The van der Waals surface area contributed by atoms with Gasteiger partial charge in [0.15, 0.2) is 6.61 Å². The summed E-state index contributed by atoms with van der Waals surface area (Å²) in [6.45, 7) is -0.479. The number of esters is 1. The molecule has 0 spiro atoms. The number of halogens is 2. The number of nitrogens with zero attached hydrogens (tertiary/aromatic N) is 1. The first-order chi connectivity index (χ1) is 11.5. The van der Waals surface area contributed by atoms with Crippen LogP contribution in [-0.2, 0) is 9.53 Å². The number of aromatic nitrogens is 1. The van der Waals surface area contributed by atoms with Gasteiger partial charge in [0.2, 0.25) is 0 Å². The molecule has 3 rings (SSSR count). The van der Waals surface area contributed by atoms with Gasteiger partial charge in [-0.05, 0) is 36.4 Å². The molecule has 1 N–H and O–H groups in total. The quantitative estimate of drug-likeness (QED) is 0.713. The highest BCUT2D eigenvalue weighted by Gasteiger charge is 2.13. The van der Waals surface area contributed by atoms with Gasteiger partial charge in [0.05, 0.1) is 32.0 Å². The normalized spacial score (nSPS) is 10.6. The van der Waals surface area contributed by atoms with Crippen molar-refractivity contribution in [3.63, 3.8) is 0 Å². The van der Waals surface area contributed by atoms with E-state index in [0.717, 1.165) is 22.3 Å². The predicted molar refractivity (Wildman–Crippen MR) is 89.9 cm³/mol. The zero-order valence-electron chi connectivity index (χ0n) is 12.1. The Morgan fingerprint density at radius 3 is 2.88 bits per heavy atom. The van der Waals surface area contributed by atoms with Gasteiger partial charge in [-0.3, -0.25) is 4.79 Å². The second kappa shape index (κ2) is 6.94. The highest BCUT2D eigenvalue weighted by molar-refractivity contribution is 7.16. The van der Waals surface area contributed by atoms with Crippen molar-refractivity contribution in [3.05, 3.63) is 58.3 Å². The molecule has 122 valence electrons. The third kappa shape index (κ3) is 3.69. The van der Waals surface area contributed by atoms with E-state index in [-0.39, 0.29) is 10.7 Å². The Bertz CT molecular complexity index is 929. The van der Waals surface area contributed by atoms with E-state index in [2.05, 4.69) is 10.3 Å². The number of benzene rings is 2. The summed E-state index contributed by atoms with van der Waals surface area (Å²) >= 11 is 7.21. The molecular weight excluding hydrogens is 355 g/mol. The maximum absolute atomic E-state index is 12.9. The summed E-state index contributed by atoms with van der Waals surface area (Å²) in [5, 5.41) is 2.51. The Kier molecular flexibility index (Phi) is 4.73. The number of anilines is 1. The highest BCUT2D eigenvalue weighted by atomic mass is 35.5. The molecule has 0 aliphatic carbocycles. The molecule has 0 saturated carbocycles. The molecule has 1 aromatic heterocycles. The number of fused-ring (bicyclic) bond motifs is 1. The number of thiazole rings is 1. The molecule has 5 nitrogen and oxygen atoms in total. The van der Waals surface area contributed by atoms with E-state index in [1.807, 2.05) is 0 Å². The van der Waals surface area contributed by atoms with Crippen molar-refractivity contribution < 1.29 is 18.7 Å². The number of ether oxygens (including phenoxy) is 1. The smallest absolute Gasteiger partial charge is 0.338 e. The fourth-order valence-electron chi connectivity index (χ4n) is 1.97. The summed E-state index contributed by atoms with van der Waals surface area (Å²) in [5.74, 6) is -1.70. The van der Waals surface area contributed by atoms with Crippen LogP contribution in [0.2, 0.25) is 5.02 Å². The van der Waals surface area contributed by atoms with Gasteiger partial charge in [-0.15, -0.1) is 11.3 Å². The molecule has 0 atom stereocenters. The minimum atomic E-state index is -0.620. The molecule has 0 radical (unpaired) electrons. The van der Waals surface area contributed by atoms with Crippen molar-refractivity contribution in [2.45, 2.75) is 0 Å². The van der Waals surface area contributed by atoms with Crippen LogP contribution < -0.4 is 5.32 Å². The Morgan fingerprint density at radius 1 is 1.25 bits per heavy atom. The van der Waals surface area contributed by atoms with E-state index >= 15 is 0 Å². The van der Waals surface area contributed by atoms with E-state index in [1.165, 1.54) is 17.4 Å². The van der Waals surface area contributed by atoms with Gasteiger partial charge >= 0.3 is 5.97 Å². The van der Waals surface area contributed by atoms with Crippen molar-refractivity contribution in [2.24, 2.45) is 0 Å². The third-order valence-electron chi connectivity index (χ3n) is 3.11. The van der Waals surface area contributed by atoms with E-state index in [4.69, 9.17) is 16.3 Å². The Morgan fingerprint density at radius 2 is 2.08 bits per heavy atom. The summed E-state index contributed by atoms with van der Waals surface area (Å²) in [5.41, 5.74) is 3.05. The molecule has 0 aliphatic rings. The minimum Gasteiger partial charge on any atom is -0.452 e. The van der Waals surface area contributed by atoms with Crippen LogP contribution in [0.1, 0.15) is 10.4 Å². The van der Waals surface area contributed by atoms with Crippen LogP contribution in [0.3, 0.4) is 0 Å². The molecular formula is C16H10ClFN2O3S. The number of nitrogens with one attached hydrogen (secondary N) is 1. The van der Waals surface area contributed by atoms with Crippen LogP contribution in [0.5, 0.6) is 0 Å². The fraction of sp³-hybridized carbons (Fsp3) is 0.0625. The van der Waals surface area contributed by atoms with E-state index in [0.29, 0.717) is 5.56 Å². The number of carbonyl (C=O) groups is 2. The van der Waals surface area contributed by atoms with Gasteiger partial charge in [-0.2, -0.15) is 0 Å². The van der Waals surface area contributed by atoms with Gasteiger partial charge in [0.25, 0.3) is 5.91 Å². The number of rotatable bonds is 4. The average molecular weight is 365 g/mol. The first kappa shape index (κ1) is 16.4. The van der Waals surface area contributed by atoms with Crippen LogP contribution in [0, 0.1) is 5.82 Å². The summed E-state index contributed by atoms with van der Waals surface area (Å²) < 4.78 is 18.8. The van der Waals surface area contributed by atoms with Crippen LogP contribution in [0.4, 0.5) is 10.1 Å². The lowest BCUT2D eigenvalue weighted by Gasteiger charge is -2.08. The highest BCUT2D eigenvalue weighted by Crippen LogP contribution is 2.22. The summed E-state index contributed by atoms with van der Waals surface area (Å²) in [6.07, 6.45) is 0. The second-order valence-corrected chi connectivity index (χ2v) is 6.08. The lowest BCUT2D eigenvalue weighted by Crippen LogP contribution is -2.21. The van der Waals surface area contributed by atoms with Crippen molar-refractivity contribution in [1.82, 2.24) is 4.98 Å². The monoisotopic (exact) mass is 364 g/mol. The Labute approximate surface area is 145 Å². The number of hydrogen-bond acceptors (Lipinski definition) is 5. The molecule has 0 bridgehead atoms. The lowest BCUT2D eigenvalue weighted by molar-refractivity contribution is -0.119. The number of hydrogen-bond donors (Lipinski definition) is 1. The van der Waals surface area contributed by atoms with Gasteiger partial charge in [0, 0.05) is 0 Å². The van der Waals surface area contributed by atoms with Crippen molar-refractivity contribution >= 4 is 50.7 Å². The third-order valence-corrected chi connectivity index (χ3v) is 4.21. The van der Waals surface area contributed by atoms with Gasteiger partial charge in [-0.25, -0.2) is 14.2 Å². The van der Waals surface area contributed by atoms with Crippen molar-refractivity contribution in [3.8, 4) is 0 Å². The van der Waals surface area contributed by atoms with Crippen LogP contribution in [0.15, 0.2) is 41.9 Å². The van der Waals surface area contributed by atoms with Crippen LogP contribution >= 0.6 is 22.9 Å². The minimum absolute atomic E-state index is 0.0605. The molecule has 0 saturated heterocycles. The number of amides is 1. The van der Waals surface area contributed by atoms with Gasteiger partial charge in [0.1, 0.15) is 5.82 Å². The molecule has 1 amide bonds. The summed E-state index contributed by atoms with van der Waals surface area (Å²) in [6, 6.07) is 8.52. The summed E-state index contributed by atoms with van der Waals surface area (Å²) in [4.78, 5) is 27.9. The molecule has 24 heavy (non-hydrogen) atoms. The van der Waals surface area contributed by atoms with Crippen LogP contribution in [0.25, 0.3) is 10.2 Å². The van der Waals surface area contributed by atoms with Crippen LogP contribution in [-0.4, -0.2) is 23.5 Å². The molecule has 8 heteroatoms. The molecule has 2 aromatic carbocycles. The largest absolute Gasteiger partial charge is 0.452 e. The van der Waals surface area contributed by atoms with E-state index in [9.17, 15) is 14.0 Å². The molecule has 1 heterocycles. The lowest BCUT2D eigenvalue weighted by atomic mass is 10.2. The molecule has 3 aromatic rings. The molecule has 0 aliphatic heterocycles. The Hall–Kier alpha value is -2.51. The maximum Gasteiger partial charge on any atom is 0.338 e. The fourth-order valence-corrected chi connectivity index (χ4v) is 2.90. The van der Waals surface area contributed by atoms with E-state index in [1.54, 1.807) is 23.7 Å². The second-order valence-electron chi connectivity index (χ2n) is 4.78. The molecule has 0 unspecified atom stereocenters. The Balaban J connectivity index is 1.60. The first-order valence-corrected chi connectivity index (χ1v) is 8.04. The van der Waals surface area contributed by atoms with E-state index < -0.39 is 24.3 Å². The van der Waals surface area contributed by atoms with Crippen molar-refractivity contribution in [1.29, 1.82) is 0 Å². The first-order valence-electron chi connectivity index (χ1n) is 6.78. The van der Waals surface area contributed by atoms with Crippen molar-refractivity contribution in [2.75, 3.05) is 11.9 Å². The topological polar surface area (TPSA) is 68.3 Å². The van der Waals surface area contributed by atoms with Gasteiger partial charge < -0.3 is 10.1 Å².